The van der Waals surface area contributed by atoms with E-state index in [2.05, 4.69) is 38.9 Å². The Bertz CT molecular complexity index is 851. The topological polar surface area (TPSA) is 41.6 Å². The molecule has 0 aliphatic heterocycles. The summed E-state index contributed by atoms with van der Waals surface area (Å²) in [5.74, 6) is 6.51. The Morgan fingerprint density at radius 1 is 1.06 bits per heavy atom. The smallest absolute Gasteiger partial charge is 0.102 e. The van der Waals surface area contributed by atoms with Gasteiger partial charge in [-0.1, -0.05) is 34.1 Å². The van der Waals surface area contributed by atoms with Gasteiger partial charge in [0.1, 0.15) is 6.07 Å². The van der Waals surface area contributed by atoms with Crippen LogP contribution in [-0.4, -0.2) is 9.78 Å². The van der Waals surface area contributed by atoms with Gasteiger partial charge in [0, 0.05) is 12.7 Å². The van der Waals surface area contributed by atoms with Crippen LogP contribution in [-0.2, 0) is 6.54 Å². The lowest BCUT2D eigenvalue weighted by molar-refractivity contribution is -0.0920. The third-order valence-electron chi connectivity index (χ3n) is 11.6. The highest BCUT2D eigenvalue weighted by atomic mass is 15.3. The molecule has 0 N–H and O–H groups in total. The van der Waals surface area contributed by atoms with Crippen molar-refractivity contribution in [1.82, 2.24) is 9.78 Å². The van der Waals surface area contributed by atoms with Gasteiger partial charge in [0.2, 0.25) is 0 Å². The Labute approximate surface area is 196 Å². The minimum absolute atomic E-state index is 0.561. The fraction of sp³-hybridized carbons (Fsp3) is 0.862. The van der Waals surface area contributed by atoms with Crippen molar-refractivity contribution in [1.29, 1.82) is 5.26 Å². The van der Waals surface area contributed by atoms with Crippen LogP contribution in [0.2, 0.25) is 0 Å². The summed E-state index contributed by atoms with van der Waals surface area (Å²) in [7, 11) is 0. The number of nitrogens with zero attached hydrogens (tertiary/aromatic N) is 3. The lowest BCUT2D eigenvalue weighted by Gasteiger charge is -2.58. The molecular weight excluding hydrogens is 390 g/mol. The molecular formula is C29H45N3. The van der Waals surface area contributed by atoms with Crippen LogP contribution >= 0.6 is 0 Å². The van der Waals surface area contributed by atoms with Crippen molar-refractivity contribution < 1.29 is 0 Å². The normalized spacial score (nSPS) is 44.2. The highest BCUT2D eigenvalue weighted by Gasteiger charge is 2.59. The summed E-state index contributed by atoms with van der Waals surface area (Å²) < 4.78 is 2.03. The molecule has 9 atom stereocenters. The first-order valence-corrected chi connectivity index (χ1v) is 13.9. The Hall–Kier alpha value is -1.30. The van der Waals surface area contributed by atoms with E-state index in [0.717, 1.165) is 42.1 Å². The predicted molar refractivity (Wildman–Crippen MR) is 130 cm³/mol. The maximum absolute atomic E-state index is 9.16. The van der Waals surface area contributed by atoms with Crippen molar-refractivity contribution in [2.75, 3.05) is 0 Å². The van der Waals surface area contributed by atoms with E-state index in [9.17, 15) is 0 Å². The van der Waals surface area contributed by atoms with Crippen LogP contribution in [0.15, 0.2) is 12.4 Å². The Balaban J connectivity index is 1.32. The first-order valence-electron chi connectivity index (χ1n) is 13.9. The number of fused-ring (bicyclic) bond motifs is 5. The Morgan fingerprint density at radius 2 is 1.88 bits per heavy atom. The maximum atomic E-state index is 9.16. The second-order valence-electron chi connectivity index (χ2n) is 12.7. The molecule has 4 aliphatic carbocycles. The first kappa shape index (κ1) is 22.5. The zero-order valence-electron chi connectivity index (χ0n) is 21.0. The Morgan fingerprint density at radius 3 is 2.59 bits per heavy atom. The minimum atomic E-state index is 0.561. The van der Waals surface area contributed by atoms with Crippen molar-refractivity contribution in [3.8, 4) is 6.07 Å². The van der Waals surface area contributed by atoms with Crippen molar-refractivity contribution in [3.05, 3.63) is 18.0 Å². The molecule has 4 fully saturated rings. The van der Waals surface area contributed by atoms with Gasteiger partial charge in [-0.25, -0.2) is 0 Å². The van der Waals surface area contributed by atoms with Crippen LogP contribution in [0.25, 0.3) is 0 Å². The summed E-state index contributed by atoms with van der Waals surface area (Å²) in [5.41, 5.74) is 1.88. The van der Waals surface area contributed by atoms with Gasteiger partial charge in [-0.2, -0.15) is 10.4 Å². The van der Waals surface area contributed by atoms with Crippen molar-refractivity contribution in [2.24, 2.45) is 52.3 Å². The largest absolute Gasteiger partial charge is 0.271 e. The predicted octanol–water partition coefficient (Wildman–Crippen LogP) is 7.47. The molecule has 1 heterocycles. The van der Waals surface area contributed by atoms with E-state index in [1.54, 1.807) is 6.20 Å². The van der Waals surface area contributed by atoms with E-state index in [1.165, 1.54) is 70.6 Å². The number of hydrogen-bond acceptors (Lipinski definition) is 2. The molecule has 0 radical (unpaired) electrons. The van der Waals surface area contributed by atoms with Crippen LogP contribution in [0.3, 0.4) is 0 Å². The van der Waals surface area contributed by atoms with E-state index in [4.69, 9.17) is 5.26 Å². The molecule has 0 spiro atoms. The number of nitriles is 1. The zero-order valence-corrected chi connectivity index (χ0v) is 21.0. The van der Waals surface area contributed by atoms with Crippen molar-refractivity contribution in [2.45, 2.75) is 105 Å². The van der Waals surface area contributed by atoms with Gasteiger partial charge in [-0.15, -0.1) is 0 Å². The zero-order chi connectivity index (χ0) is 22.5. The van der Waals surface area contributed by atoms with Gasteiger partial charge >= 0.3 is 0 Å². The number of aromatic nitrogens is 2. The molecule has 0 saturated heterocycles. The van der Waals surface area contributed by atoms with E-state index < -0.39 is 0 Å². The monoisotopic (exact) mass is 435 g/mol. The molecule has 3 heteroatoms. The van der Waals surface area contributed by atoms with Crippen LogP contribution in [0, 0.1) is 63.6 Å². The van der Waals surface area contributed by atoms with Crippen molar-refractivity contribution in [3.63, 3.8) is 0 Å². The lowest BCUT2D eigenvalue weighted by atomic mass is 9.47. The third kappa shape index (κ3) is 3.56. The fourth-order valence-corrected chi connectivity index (χ4v) is 9.86. The van der Waals surface area contributed by atoms with Crippen LogP contribution in [0.5, 0.6) is 0 Å². The summed E-state index contributed by atoms with van der Waals surface area (Å²) >= 11 is 0. The van der Waals surface area contributed by atoms with Crippen LogP contribution in [0.4, 0.5) is 0 Å². The van der Waals surface area contributed by atoms with E-state index >= 15 is 0 Å². The second-order valence-corrected chi connectivity index (χ2v) is 12.7. The molecule has 32 heavy (non-hydrogen) atoms. The molecule has 8 unspecified atom stereocenters. The van der Waals surface area contributed by atoms with Crippen molar-refractivity contribution >= 4 is 0 Å². The average Bonchev–Trinajstić information content (AvgIpc) is 3.43. The van der Waals surface area contributed by atoms with E-state index in [-0.39, 0.29) is 0 Å². The molecule has 0 aromatic carbocycles. The first-order chi connectivity index (χ1) is 15.4. The molecule has 4 saturated carbocycles. The lowest BCUT2D eigenvalue weighted by Crippen LogP contribution is -2.50. The van der Waals surface area contributed by atoms with E-state index in [1.807, 2.05) is 10.9 Å². The summed E-state index contributed by atoms with van der Waals surface area (Å²) in [6.45, 7) is 10.9. The van der Waals surface area contributed by atoms with Gasteiger partial charge < -0.3 is 0 Å². The van der Waals surface area contributed by atoms with Crippen LogP contribution < -0.4 is 0 Å². The number of hydrogen-bond donors (Lipinski definition) is 0. The summed E-state index contributed by atoms with van der Waals surface area (Å²) in [6.07, 6.45) is 19.8. The Kier molecular flexibility index (Phi) is 5.96. The molecule has 1 aromatic rings. The van der Waals surface area contributed by atoms with Crippen LogP contribution in [0.1, 0.15) is 104 Å². The third-order valence-corrected chi connectivity index (χ3v) is 11.6. The summed E-state index contributed by atoms with van der Waals surface area (Å²) in [4.78, 5) is 0. The van der Waals surface area contributed by atoms with Gasteiger partial charge in [0.25, 0.3) is 0 Å². The SMILES string of the molecule is CCC12CCC3C4CC[C@@](C)(CC)CC4CCC3C1CCC2C(C)Cn1cc(C#N)cn1. The van der Waals surface area contributed by atoms with Gasteiger partial charge in [0.05, 0.1) is 11.8 Å². The summed E-state index contributed by atoms with van der Waals surface area (Å²) in [6, 6.07) is 2.23. The molecule has 0 amide bonds. The molecule has 3 nitrogen and oxygen atoms in total. The van der Waals surface area contributed by atoms with Gasteiger partial charge in [-0.05, 0) is 116 Å². The number of rotatable bonds is 5. The molecule has 176 valence electrons. The average molecular weight is 436 g/mol. The van der Waals surface area contributed by atoms with Gasteiger partial charge in [0.15, 0.2) is 0 Å². The standard InChI is InChI=1S/C29H45N3/c1-5-28(4)13-11-23-22(15-28)7-8-25-24(23)12-14-29(6-2)26(9-10-27(25)29)20(3)18-32-19-21(16-30)17-31-32/h17,19-20,22-27H,5-15,18H2,1-4H3/t20?,22?,23?,24?,25?,26?,27?,28-,29?/m1/s1. The van der Waals surface area contributed by atoms with Gasteiger partial charge in [-0.3, -0.25) is 4.68 Å². The second kappa shape index (κ2) is 8.48. The highest BCUT2D eigenvalue weighted by Crippen LogP contribution is 2.67. The van der Waals surface area contributed by atoms with E-state index in [0.29, 0.717) is 22.3 Å². The molecule has 1 aromatic heterocycles. The quantitative estimate of drug-likeness (QED) is 0.481. The summed E-state index contributed by atoms with van der Waals surface area (Å²) in [5, 5.41) is 13.6. The maximum Gasteiger partial charge on any atom is 0.102 e. The molecule has 5 rings (SSSR count). The fourth-order valence-electron chi connectivity index (χ4n) is 9.86. The molecule has 4 aliphatic rings. The molecule has 0 bridgehead atoms. The minimum Gasteiger partial charge on any atom is -0.271 e. The highest BCUT2D eigenvalue weighted by molar-refractivity contribution is 5.21.